The van der Waals surface area contributed by atoms with Crippen LogP contribution < -0.4 is 4.72 Å². The van der Waals surface area contributed by atoms with Crippen molar-refractivity contribution < 1.29 is 8.42 Å². The lowest BCUT2D eigenvalue weighted by Gasteiger charge is -2.06. The Morgan fingerprint density at radius 1 is 1.47 bits per heavy atom. The van der Waals surface area contributed by atoms with E-state index in [4.69, 9.17) is 11.6 Å². The van der Waals surface area contributed by atoms with E-state index in [1.54, 1.807) is 17.9 Å². The lowest BCUT2D eigenvalue weighted by atomic mass is 10.3. The standard InChI is InChI=1S/C11H13ClN4O2S/c1-8-9(7-16(2)15-8)6-14-19(17,18)10-4-3-5-13-11(10)12/h3-5,7,14H,6H2,1-2H3. The molecule has 0 fully saturated rings. The van der Waals surface area contributed by atoms with Crippen molar-refractivity contribution in [2.24, 2.45) is 7.05 Å². The van der Waals surface area contributed by atoms with Crippen LogP contribution in [0, 0.1) is 6.92 Å². The minimum Gasteiger partial charge on any atom is -0.275 e. The van der Waals surface area contributed by atoms with Gasteiger partial charge in [-0.3, -0.25) is 4.68 Å². The van der Waals surface area contributed by atoms with Crippen molar-refractivity contribution in [1.29, 1.82) is 0 Å². The van der Waals surface area contributed by atoms with Gasteiger partial charge in [-0.2, -0.15) is 5.10 Å². The average Bonchev–Trinajstić information content (AvgIpc) is 2.66. The summed E-state index contributed by atoms with van der Waals surface area (Å²) in [4.78, 5) is 3.72. The van der Waals surface area contributed by atoms with Crippen molar-refractivity contribution in [3.63, 3.8) is 0 Å². The van der Waals surface area contributed by atoms with Gasteiger partial charge in [-0.15, -0.1) is 0 Å². The van der Waals surface area contributed by atoms with Gasteiger partial charge in [-0.25, -0.2) is 18.1 Å². The fourth-order valence-corrected chi connectivity index (χ4v) is 3.10. The lowest BCUT2D eigenvalue weighted by molar-refractivity contribution is 0.581. The Kier molecular flexibility index (Phi) is 3.88. The molecular weight excluding hydrogens is 288 g/mol. The molecule has 0 saturated heterocycles. The van der Waals surface area contributed by atoms with Gasteiger partial charge in [-0.05, 0) is 19.1 Å². The van der Waals surface area contributed by atoms with Crippen LogP contribution in [-0.4, -0.2) is 23.2 Å². The maximum absolute atomic E-state index is 12.1. The number of sulfonamides is 1. The molecule has 2 aromatic heterocycles. The van der Waals surface area contributed by atoms with Crippen LogP contribution in [-0.2, 0) is 23.6 Å². The second-order valence-electron chi connectivity index (χ2n) is 4.03. The maximum Gasteiger partial charge on any atom is 0.243 e. The van der Waals surface area contributed by atoms with E-state index in [0.29, 0.717) is 0 Å². The first-order valence-corrected chi connectivity index (χ1v) is 7.35. The van der Waals surface area contributed by atoms with Crippen molar-refractivity contribution in [1.82, 2.24) is 19.5 Å². The van der Waals surface area contributed by atoms with E-state index >= 15 is 0 Å². The van der Waals surface area contributed by atoms with E-state index in [9.17, 15) is 8.42 Å². The minimum atomic E-state index is -3.68. The molecule has 0 aliphatic rings. The quantitative estimate of drug-likeness (QED) is 0.862. The van der Waals surface area contributed by atoms with Crippen LogP contribution in [0.1, 0.15) is 11.3 Å². The number of halogens is 1. The first-order valence-electron chi connectivity index (χ1n) is 5.49. The highest BCUT2D eigenvalue weighted by Crippen LogP contribution is 2.18. The van der Waals surface area contributed by atoms with Gasteiger partial charge in [-0.1, -0.05) is 11.6 Å². The van der Waals surface area contributed by atoms with Crippen molar-refractivity contribution in [3.8, 4) is 0 Å². The molecule has 1 N–H and O–H groups in total. The van der Waals surface area contributed by atoms with Crippen LogP contribution >= 0.6 is 11.6 Å². The number of rotatable bonds is 4. The Labute approximate surface area is 116 Å². The smallest absolute Gasteiger partial charge is 0.243 e. The van der Waals surface area contributed by atoms with E-state index in [0.717, 1.165) is 11.3 Å². The zero-order valence-electron chi connectivity index (χ0n) is 10.5. The van der Waals surface area contributed by atoms with Gasteiger partial charge in [0.05, 0.1) is 5.69 Å². The molecular formula is C11H13ClN4O2S. The molecule has 2 rings (SSSR count). The highest BCUT2D eigenvalue weighted by Gasteiger charge is 2.18. The second-order valence-corrected chi connectivity index (χ2v) is 6.12. The average molecular weight is 301 g/mol. The number of nitrogens with zero attached hydrogens (tertiary/aromatic N) is 3. The molecule has 0 bridgehead atoms. The predicted molar refractivity (Wildman–Crippen MR) is 71.2 cm³/mol. The zero-order chi connectivity index (χ0) is 14.0. The number of hydrogen-bond donors (Lipinski definition) is 1. The highest BCUT2D eigenvalue weighted by molar-refractivity contribution is 7.89. The first kappa shape index (κ1) is 14.0. The molecule has 2 aromatic rings. The molecule has 0 atom stereocenters. The van der Waals surface area contributed by atoms with Crippen LogP contribution in [0.2, 0.25) is 5.15 Å². The SMILES string of the molecule is Cc1nn(C)cc1CNS(=O)(=O)c1cccnc1Cl. The number of hydrogen-bond acceptors (Lipinski definition) is 4. The van der Waals surface area contributed by atoms with Crippen molar-refractivity contribution in [3.05, 3.63) is 40.9 Å². The first-order chi connectivity index (χ1) is 8.90. The molecule has 0 aromatic carbocycles. The Bertz CT molecular complexity index is 696. The van der Waals surface area contributed by atoms with Crippen LogP contribution in [0.15, 0.2) is 29.4 Å². The normalized spacial score (nSPS) is 11.7. The summed E-state index contributed by atoms with van der Waals surface area (Å²) in [5.41, 5.74) is 1.59. The maximum atomic E-state index is 12.1. The Balaban J connectivity index is 2.19. The number of aromatic nitrogens is 3. The summed E-state index contributed by atoms with van der Waals surface area (Å²) in [5.74, 6) is 0. The molecule has 0 amide bonds. The van der Waals surface area contributed by atoms with E-state index in [1.807, 2.05) is 6.92 Å². The summed E-state index contributed by atoms with van der Waals surface area (Å²) in [6, 6.07) is 2.93. The molecule has 0 aliphatic carbocycles. The number of aryl methyl sites for hydroxylation is 2. The summed E-state index contributed by atoms with van der Waals surface area (Å²) in [6.45, 7) is 1.98. The minimum absolute atomic E-state index is 0.0294. The summed E-state index contributed by atoms with van der Waals surface area (Å²) in [7, 11) is -1.90. The summed E-state index contributed by atoms with van der Waals surface area (Å²) >= 11 is 5.78. The van der Waals surface area contributed by atoms with Crippen molar-refractivity contribution in [2.45, 2.75) is 18.4 Å². The largest absolute Gasteiger partial charge is 0.275 e. The molecule has 0 unspecified atom stereocenters. The third-order valence-electron chi connectivity index (χ3n) is 2.58. The van der Waals surface area contributed by atoms with Crippen LogP contribution in [0.4, 0.5) is 0 Å². The van der Waals surface area contributed by atoms with Gasteiger partial charge in [0, 0.05) is 31.5 Å². The molecule has 19 heavy (non-hydrogen) atoms. The van der Waals surface area contributed by atoms with Crippen molar-refractivity contribution >= 4 is 21.6 Å². The monoisotopic (exact) mass is 300 g/mol. The highest BCUT2D eigenvalue weighted by atomic mass is 35.5. The topological polar surface area (TPSA) is 76.9 Å². The fourth-order valence-electron chi connectivity index (χ4n) is 1.64. The van der Waals surface area contributed by atoms with Gasteiger partial charge in [0.2, 0.25) is 10.0 Å². The van der Waals surface area contributed by atoms with E-state index < -0.39 is 10.0 Å². The summed E-state index contributed by atoms with van der Waals surface area (Å²) in [6.07, 6.45) is 3.20. The van der Waals surface area contributed by atoms with E-state index in [-0.39, 0.29) is 16.6 Å². The van der Waals surface area contributed by atoms with Gasteiger partial charge < -0.3 is 0 Å². The fraction of sp³-hybridized carbons (Fsp3) is 0.273. The lowest BCUT2D eigenvalue weighted by Crippen LogP contribution is -2.23. The van der Waals surface area contributed by atoms with Crippen LogP contribution in [0.5, 0.6) is 0 Å². The van der Waals surface area contributed by atoms with Crippen molar-refractivity contribution in [2.75, 3.05) is 0 Å². The van der Waals surface area contributed by atoms with Gasteiger partial charge >= 0.3 is 0 Å². The number of pyridine rings is 1. The van der Waals surface area contributed by atoms with Crippen LogP contribution in [0.25, 0.3) is 0 Å². The Hall–Kier alpha value is -1.44. The number of nitrogens with one attached hydrogen (secondary N) is 1. The van der Waals surface area contributed by atoms with E-state index in [1.165, 1.54) is 18.3 Å². The molecule has 6 nitrogen and oxygen atoms in total. The molecule has 2 heterocycles. The summed E-state index contributed by atoms with van der Waals surface area (Å²) in [5, 5.41) is 4.10. The summed E-state index contributed by atoms with van der Waals surface area (Å²) < 4.78 is 28.3. The third kappa shape index (κ3) is 3.12. The Morgan fingerprint density at radius 3 is 2.79 bits per heavy atom. The molecule has 0 spiro atoms. The van der Waals surface area contributed by atoms with Gasteiger partial charge in [0.15, 0.2) is 0 Å². The molecule has 8 heteroatoms. The van der Waals surface area contributed by atoms with E-state index in [2.05, 4.69) is 14.8 Å². The molecule has 0 saturated carbocycles. The Morgan fingerprint density at radius 2 is 2.21 bits per heavy atom. The second kappa shape index (κ2) is 5.28. The van der Waals surface area contributed by atoms with Gasteiger partial charge in [0.1, 0.15) is 10.0 Å². The molecule has 102 valence electrons. The van der Waals surface area contributed by atoms with Crippen LogP contribution in [0.3, 0.4) is 0 Å². The zero-order valence-corrected chi connectivity index (χ0v) is 12.0. The molecule has 0 radical (unpaired) electrons. The van der Waals surface area contributed by atoms with Gasteiger partial charge in [0.25, 0.3) is 0 Å². The predicted octanol–water partition coefficient (Wildman–Crippen LogP) is 1.26. The molecule has 0 aliphatic heterocycles. The third-order valence-corrected chi connectivity index (χ3v) is 4.43.